The van der Waals surface area contributed by atoms with Crippen molar-refractivity contribution in [3.05, 3.63) is 69.7 Å². The molecule has 32 heavy (non-hydrogen) atoms. The van der Waals surface area contributed by atoms with E-state index in [0.717, 1.165) is 28.5 Å². The fraction of sp³-hybridized carbons (Fsp3) is 0.273. The Kier molecular flexibility index (Phi) is 7.67. The van der Waals surface area contributed by atoms with E-state index in [4.69, 9.17) is 23.2 Å². The van der Waals surface area contributed by atoms with E-state index in [1.165, 1.54) is 11.3 Å². The average molecular weight is 507 g/mol. The molecule has 0 aliphatic carbocycles. The largest absolute Gasteiger partial charge is 0.338 e. The van der Waals surface area contributed by atoms with Gasteiger partial charge < -0.3 is 10.2 Å². The van der Waals surface area contributed by atoms with E-state index in [1.54, 1.807) is 40.9 Å². The van der Waals surface area contributed by atoms with Gasteiger partial charge in [-0.05, 0) is 54.8 Å². The zero-order valence-corrected chi connectivity index (χ0v) is 20.1. The maximum Gasteiger partial charge on any atom is 0.253 e. The zero-order valence-electron chi connectivity index (χ0n) is 17.0. The SMILES string of the molecule is O=C(Nc1nnc(SCc2ccc(Cl)cc2)s1)C1CCCN(C(=O)c2ccc(Cl)cc2)C1. The Morgan fingerprint density at radius 3 is 2.47 bits per heavy atom. The molecule has 2 aromatic carbocycles. The molecule has 1 saturated heterocycles. The number of hydrogen-bond donors (Lipinski definition) is 1. The van der Waals surface area contributed by atoms with Gasteiger partial charge in [0.25, 0.3) is 5.91 Å². The van der Waals surface area contributed by atoms with Gasteiger partial charge in [-0.1, -0.05) is 58.4 Å². The van der Waals surface area contributed by atoms with Gasteiger partial charge in [-0.3, -0.25) is 9.59 Å². The molecule has 1 fully saturated rings. The van der Waals surface area contributed by atoms with Crippen molar-refractivity contribution in [2.24, 2.45) is 5.92 Å². The molecule has 166 valence electrons. The summed E-state index contributed by atoms with van der Waals surface area (Å²) in [6.45, 7) is 1.01. The van der Waals surface area contributed by atoms with Crippen molar-refractivity contribution in [2.45, 2.75) is 22.9 Å². The number of hydrogen-bond acceptors (Lipinski definition) is 6. The molecule has 0 radical (unpaired) electrons. The number of nitrogens with one attached hydrogen (secondary N) is 1. The van der Waals surface area contributed by atoms with Gasteiger partial charge in [0.2, 0.25) is 11.0 Å². The maximum atomic E-state index is 12.8. The van der Waals surface area contributed by atoms with Gasteiger partial charge in [0, 0.05) is 34.5 Å². The van der Waals surface area contributed by atoms with Gasteiger partial charge in [0.15, 0.2) is 4.34 Å². The molecular weight excluding hydrogens is 487 g/mol. The van der Waals surface area contributed by atoms with Crippen LogP contribution in [0.15, 0.2) is 52.9 Å². The van der Waals surface area contributed by atoms with Gasteiger partial charge in [0.05, 0.1) is 5.92 Å². The van der Waals surface area contributed by atoms with E-state index in [1.807, 2.05) is 24.3 Å². The van der Waals surface area contributed by atoms with Crippen LogP contribution >= 0.6 is 46.3 Å². The monoisotopic (exact) mass is 506 g/mol. The minimum absolute atomic E-state index is 0.0871. The first-order chi connectivity index (χ1) is 15.5. The van der Waals surface area contributed by atoms with Crippen molar-refractivity contribution in [2.75, 3.05) is 18.4 Å². The topological polar surface area (TPSA) is 75.2 Å². The van der Waals surface area contributed by atoms with E-state index < -0.39 is 0 Å². The number of thioether (sulfide) groups is 1. The number of carbonyl (C=O) groups excluding carboxylic acids is 2. The normalized spacial score (nSPS) is 16.1. The van der Waals surface area contributed by atoms with Gasteiger partial charge in [-0.2, -0.15) is 0 Å². The molecule has 0 spiro atoms. The molecule has 1 unspecified atom stereocenters. The highest BCUT2D eigenvalue weighted by Gasteiger charge is 2.29. The molecule has 1 aliphatic rings. The Morgan fingerprint density at radius 2 is 1.75 bits per heavy atom. The second kappa shape index (κ2) is 10.7. The van der Waals surface area contributed by atoms with E-state index in [9.17, 15) is 9.59 Å². The molecule has 0 saturated carbocycles. The van der Waals surface area contributed by atoms with Gasteiger partial charge in [-0.25, -0.2) is 0 Å². The van der Waals surface area contributed by atoms with Crippen molar-refractivity contribution in [3.8, 4) is 0 Å². The minimum Gasteiger partial charge on any atom is -0.338 e. The zero-order chi connectivity index (χ0) is 22.5. The fourth-order valence-corrected chi connectivity index (χ4v) is 5.37. The van der Waals surface area contributed by atoms with Crippen LogP contribution in [0.4, 0.5) is 5.13 Å². The van der Waals surface area contributed by atoms with E-state index in [0.29, 0.717) is 33.8 Å². The molecule has 1 aromatic heterocycles. The summed E-state index contributed by atoms with van der Waals surface area (Å²) in [7, 11) is 0. The summed E-state index contributed by atoms with van der Waals surface area (Å²) in [6, 6.07) is 14.5. The molecule has 1 N–H and O–H groups in total. The number of anilines is 1. The van der Waals surface area contributed by atoms with Gasteiger partial charge >= 0.3 is 0 Å². The lowest BCUT2D eigenvalue weighted by atomic mass is 9.96. The number of nitrogens with zero attached hydrogens (tertiary/aromatic N) is 3. The van der Waals surface area contributed by atoms with Crippen LogP contribution in [-0.2, 0) is 10.5 Å². The first-order valence-corrected chi connectivity index (χ1v) is 12.6. The Morgan fingerprint density at radius 1 is 1.06 bits per heavy atom. The molecule has 3 aromatic rings. The summed E-state index contributed by atoms with van der Waals surface area (Å²) in [4.78, 5) is 27.3. The van der Waals surface area contributed by atoms with Crippen molar-refractivity contribution >= 4 is 63.2 Å². The molecular formula is C22H20Cl2N4O2S2. The van der Waals surface area contributed by atoms with Crippen molar-refractivity contribution < 1.29 is 9.59 Å². The van der Waals surface area contributed by atoms with Gasteiger partial charge in [-0.15, -0.1) is 10.2 Å². The summed E-state index contributed by atoms with van der Waals surface area (Å²) in [5.74, 6) is 0.235. The summed E-state index contributed by atoms with van der Waals surface area (Å²) in [5, 5.41) is 12.9. The predicted octanol–water partition coefficient (Wildman–Crippen LogP) is 5.63. The number of likely N-dealkylation sites (tertiary alicyclic amines) is 1. The van der Waals surface area contributed by atoms with Crippen LogP contribution in [0.3, 0.4) is 0 Å². The lowest BCUT2D eigenvalue weighted by molar-refractivity contribution is -0.121. The number of halogens is 2. The maximum absolute atomic E-state index is 12.8. The minimum atomic E-state index is -0.283. The highest BCUT2D eigenvalue weighted by Crippen LogP contribution is 2.29. The van der Waals surface area contributed by atoms with Crippen LogP contribution in [-0.4, -0.2) is 40.0 Å². The standard InChI is InChI=1S/C22H20Cl2N4O2S2/c23-17-7-3-14(4-8-17)13-31-22-27-26-21(32-22)25-19(29)16-2-1-11-28(12-16)20(30)15-5-9-18(24)10-6-15/h3-10,16H,1-2,11-13H2,(H,25,26,29). The second-order valence-electron chi connectivity index (χ2n) is 7.37. The van der Waals surface area contributed by atoms with Crippen molar-refractivity contribution in [3.63, 3.8) is 0 Å². The number of rotatable bonds is 6. The second-order valence-corrected chi connectivity index (χ2v) is 10.4. The number of amides is 2. The van der Waals surface area contributed by atoms with Crippen LogP contribution in [0.5, 0.6) is 0 Å². The summed E-state index contributed by atoms with van der Waals surface area (Å²) in [6.07, 6.45) is 1.50. The van der Waals surface area contributed by atoms with E-state index in [2.05, 4.69) is 15.5 Å². The first kappa shape index (κ1) is 23.0. The van der Waals surface area contributed by atoms with E-state index >= 15 is 0 Å². The molecule has 2 heterocycles. The molecule has 4 rings (SSSR count). The van der Waals surface area contributed by atoms with Gasteiger partial charge in [0.1, 0.15) is 0 Å². The summed E-state index contributed by atoms with van der Waals surface area (Å²) >= 11 is 14.7. The van der Waals surface area contributed by atoms with Crippen LogP contribution in [0, 0.1) is 5.92 Å². The lowest BCUT2D eigenvalue weighted by Gasteiger charge is -2.32. The van der Waals surface area contributed by atoms with Crippen LogP contribution in [0.1, 0.15) is 28.8 Å². The number of aromatic nitrogens is 2. The third-order valence-corrected chi connectivity index (χ3v) is 7.63. The molecule has 1 aliphatic heterocycles. The molecule has 6 nitrogen and oxygen atoms in total. The molecule has 2 amide bonds. The predicted molar refractivity (Wildman–Crippen MR) is 130 cm³/mol. The Bertz CT molecular complexity index is 1090. The van der Waals surface area contributed by atoms with Crippen LogP contribution in [0.25, 0.3) is 0 Å². The molecule has 10 heteroatoms. The smallest absolute Gasteiger partial charge is 0.253 e. The Balaban J connectivity index is 1.31. The molecule has 1 atom stereocenters. The summed E-state index contributed by atoms with van der Waals surface area (Å²) in [5.41, 5.74) is 1.70. The number of carbonyl (C=O) groups is 2. The van der Waals surface area contributed by atoms with Crippen LogP contribution < -0.4 is 5.32 Å². The van der Waals surface area contributed by atoms with E-state index in [-0.39, 0.29) is 17.7 Å². The van der Waals surface area contributed by atoms with Crippen LogP contribution in [0.2, 0.25) is 10.0 Å². The lowest BCUT2D eigenvalue weighted by Crippen LogP contribution is -2.43. The number of benzene rings is 2. The average Bonchev–Trinajstić information content (AvgIpc) is 3.26. The third kappa shape index (κ3) is 6.01. The Hall–Kier alpha value is -2.13. The van der Waals surface area contributed by atoms with Crippen molar-refractivity contribution in [1.29, 1.82) is 0 Å². The van der Waals surface area contributed by atoms with Crippen molar-refractivity contribution in [1.82, 2.24) is 15.1 Å². The quantitative estimate of drug-likeness (QED) is 0.346. The highest BCUT2D eigenvalue weighted by molar-refractivity contribution is 8.00. The highest BCUT2D eigenvalue weighted by atomic mass is 35.5. The number of piperidine rings is 1. The molecule has 0 bridgehead atoms. The third-order valence-electron chi connectivity index (χ3n) is 5.08. The first-order valence-electron chi connectivity index (χ1n) is 10.0. The fourth-order valence-electron chi connectivity index (χ4n) is 3.40. The Labute approximate surface area is 204 Å². The summed E-state index contributed by atoms with van der Waals surface area (Å²) < 4.78 is 0.776.